The van der Waals surface area contributed by atoms with Gasteiger partial charge in [0.2, 0.25) is 11.8 Å². The van der Waals surface area contributed by atoms with Crippen molar-refractivity contribution >= 4 is 23.3 Å². The van der Waals surface area contributed by atoms with Gasteiger partial charge in [-0.1, -0.05) is 0 Å². The van der Waals surface area contributed by atoms with Gasteiger partial charge in [0.1, 0.15) is 17.9 Å². The van der Waals surface area contributed by atoms with Gasteiger partial charge in [0, 0.05) is 49.5 Å². The molecule has 0 saturated carbocycles. The molecule has 0 radical (unpaired) electrons. The molecular formula is C22H27N5O3. The van der Waals surface area contributed by atoms with Gasteiger partial charge in [-0.25, -0.2) is 9.97 Å². The number of methoxy groups -OCH3 is 1. The lowest BCUT2D eigenvalue weighted by atomic mass is 10.0. The van der Waals surface area contributed by atoms with Crippen LogP contribution in [0.15, 0.2) is 36.7 Å². The third-order valence-electron chi connectivity index (χ3n) is 5.83. The van der Waals surface area contributed by atoms with Crippen LogP contribution < -0.4 is 19.9 Å². The molecule has 2 aromatic rings. The number of benzene rings is 1. The van der Waals surface area contributed by atoms with Gasteiger partial charge in [0.05, 0.1) is 13.0 Å². The molecule has 8 nitrogen and oxygen atoms in total. The second-order valence-corrected chi connectivity index (χ2v) is 7.89. The molecule has 1 N–H and O–H groups in total. The Balaban J connectivity index is 1.30. The molecule has 30 heavy (non-hydrogen) atoms. The number of aromatic nitrogens is 2. The molecule has 0 bridgehead atoms. The molecule has 1 aromatic carbocycles. The van der Waals surface area contributed by atoms with E-state index in [1.807, 2.05) is 37.3 Å². The minimum atomic E-state index is -0.317. The fourth-order valence-corrected chi connectivity index (χ4v) is 4.08. The van der Waals surface area contributed by atoms with Crippen LogP contribution in [0.1, 0.15) is 25.0 Å². The van der Waals surface area contributed by atoms with E-state index >= 15 is 0 Å². The summed E-state index contributed by atoms with van der Waals surface area (Å²) in [6.07, 6.45) is 3.55. The molecule has 1 aromatic heterocycles. The summed E-state index contributed by atoms with van der Waals surface area (Å²) in [5.41, 5.74) is 1.74. The molecule has 2 aliphatic heterocycles. The van der Waals surface area contributed by atoms with E-state index in [2.05, 4.69) is 20.2 Å². The highest BCUT2D eigenvalue weighted by atomic mass is 16.5. The molecule has 3 heterocycles. The number of anilines is 2. The van der Waals surface area contributed by atoms with Crippen LogP contribution in [-0.4, -0.2) is 54.6 Å². The second kappa shape index (κ2) is 8.69. The number of hydrogen-bond donors (Lipinski definition) is 1. The Labute approximate surface area is 176 Å². The summed E-state index contributed by atoms with van der Waals surface area (Å²) >= 11 is 0. The molecule has 158 valence electrons. The molecule has 8 heteroatoms. The van der Waals surface area contributed by atoms with Gasteiger partial charge in [-0.2, -0.15) is 0 Å². The topological polar surface area (TPSA) is 87.7 Å². The predicted molar refractivity (Wildman–Crippen MR) is 114 cm³/mol. The van der Waals surface area contributed by atoms with Crippen molar-refractivity contribution < 1.29 is 14.3 Å². The zero-order chi connectivity index (χ0) is 21.1. The van der Waals surface area contributed by atoms with E-state index < -0.39 is 0 Å². The lowest BCUT2D eigenvalue weighted by Crippen LogP contribution is -2.47. The van der Waals surface area contributed by atoms with Crippen molar-refractivity contribution in [2.45, 2.75) is 32.2 Å². The first-order valence-corrected chi connectivity index (χ1v) is 10.3. The van der Waals surface area contributed by atoms with Crippen molar-refractivity contribution in [2.75, 3.05) is 36.5 Å². The van der Waals surface area contributed by atoms with Crippen LogP contribution in [0.5, 0.6) is 5.75 Å². The SMILES string of the molecule is COc1ccc(N2C[C@H](C(=O)NC3CCN(c4cc(C)ncn4)CC3)CC2=O)cc1. The van der Waals surface area contributed by atoms with E-state index in [1.165, 1.54) is 0 Å². The molecule has 0 spiro atoms. The Bertz CT molecular complexity index is 909. The monoisotopic (exact) mass is 409 g/mol. The first-order chi connectivity index (χ1) is 14.5. The van der Waals surface area contributed by atoms with Gasteiger partial charge in [-0.3, -0.25) is 9.59 Å². The molecule has 4 rings (SSSR count). The van der Waals surface area contributed by atoms with Gasteiger partial charge >= 0.3 is 0 Å². The summed E-state index contributed by atoms with van der Waals surface area (Å²) in [5.74, 6) is 1.30. The maximum absolute atomic E-state index is 12.8. The minimum Gasteiger partial charge on any atom is -0.497 e. The average molecular weight is 409 g/mol. The van der Waals surface area contributed by atoms with Gasteiger partial charge in [0.15, 0.2) is 0 Å². The number of carbonyl (C=O) groups is 2. The summed E-state index contributed by atoms with van der Waals surface area (Å²) in [6.45, 7) is 4.04. The highest BCUT2D eigenvalue weighted by Gasteiger charge is 2.36. The third kappa shape index (κ3) is 4.37. The quantitative estimate of drug-likeness (QED) is 0.812. The average Bonchev–Trinajstić information content (AvgIpc) is 3.16. The number of hydrogen-bond acceptors (Lipinski definition) is 6. The highest BCUT2D eigenvalue weighted by molar-refractivity contribution is 6.00. The lowest BCUT2D eigenvalue weighted by molar-refractivity contribution is -0.127. The predicted octanol–water partition coefficient (Wildman–Crippen LogP) is 1.93. The van der Waals surface area contributed by atoms with Crippen molar-refractivity contribution in [1.29, 1.82) is 0 Å². The maximum Gasteiger partial charge on any atom is 0.227 e. The van der Waals surface area contributed by atoms with E-state index in [0.717, 1.165) is 48.9 Å². The number of amides is 2. The van der Waals surface area contributed by atoms with Crippen LogP contribution in [0, 0.1) is 12.8 Å². The Hall–Kier alpha value is -3.16. The normalized spacial score (nSPS) is 19.8. The Morgan fingerprint density at radius 1 is 1.17 bits per heavy atom. The molecule has 2 fully saturated rings. The number of nitrogens with one attached hydrogen (secondary N) is 1. The van der Waals surface area contributed by atoms with Crippen LogP contribution in [0.2, 0.25) is 0 Å². The smallest absolute Gasteiger partial charge is 0.227 e. The zero-order valence-electron chi connectivity index (χ0n) is 17.4. The lowest BCUT2D eigenvalue weighted by Gasteiger charge is -2.33. The number of carbonyl (C=O) groups excluding carboxylic acids is 2. The third-order valence-corrected chi connectivity index (χ3v) is 5.83. The van der Waals surface area contributed by atoms with E-state index in [0.29, 0.717) is 6.54 Å². The van der Waals surface area contributed by atoms with Crippen LogP contribution in [0.4, 0.5) is 11.5 Å². The van der Waals surface area contributed by atoms with Crippen molar-refractivity contribution in [3.63, 3.8) is 0 Å². The van der Waals surface area contributed by atoms with Crippen molar-refractivity contribution in [3.05, 3.63) is 42.4 Å². The second-order valence-electron chi connectivity index (χ2n) is 7.89. The van der Waals surface area contributed by atoms with E-state index in [9.17, 15) is 9.59 Å². The Morgan fingerprint density at radius 3 is 2.57 bits per heavy atom. The first kappa shape index (κ1) is 20.1. The van der Waals surface area contributed by atoms with Gasteiger partial charge in [0.25, 0.3) is 0 Å². The maximum atomic E-state index is 12.8. The molecule has 2 aliphatic rings. The van der Waals surface area contributed by atoms with E-state index in [-0.39, 0.29) is 30.2 Å². The fourth-order valence-electron chi connectivity index (χ4n) is 4.08. The largest absolute Gasteiger partial charge is 0.497 e. The van der Waals surface area contributed by atoms with Gasteiger partial charge < -0.3 is 19.9 Å². The summed E-state index contributed by atoms with van der Waals surface area (Å²) < 4.78 is 5.17. The van der Waals surface area contributed by atoms with Crippen LogP contribution in [-0.2, 0) is 9.59 Å². The summed E-state index contributed by atoms with van der Waals surface area (Å²) in [7, 11) is 1.61. The molecule has 0 aliphatic carbocycles. The number of ether oxygens (including phenoxy) is 1. The highest BCUT2D eigenvalue weighted by Crippen LogP contribution is 2.27. The first-order valence-electron chi connectivity index (χ1n) is 10.3. The van der Waals surface area contributed by atoms with Gasteiger partial charge in [-0.05, 0) is 44.0 Å². The Kier molecular flexibility index (Phi) is 5.83. The molecule has 0 unspecified atom stereocenters. The minimum absolute atomic E-state index is 0.0192. The molecular weight excluding hydrogens is 382 g/mol. The summed E-state index contributed by atoms with van der Waals surface area (Å²) in [6, 6.07) is 9.45. The molecule has 2 saturated heterocycles. The van der Waals surface area contributed by atoms with Crippen molar-refractivity contribution in [3.8, 4) is 5.75 Å². The number of nitrogens with zero attached hydrogens (tertiary/aromatic N) is 4. The van der Waals surface area contributed by atoms with Crippen molar-refractivity contribution in [2.24, 2.45) is 5.92 Å². The van der Waals surface area contributed by atoms with Crippen LogP contribution in [0.3, 0.4) is 0 Å². The zero-order valence-corrected chi connectivity index (χ0v) is 17.4. The Morgan fingerprint density at radius 2 is 1.90 bits per heavy atom. The van der Waals surface area contributed by atoms with Crippen molar-refractivity contribution in [1.82, 2.24) is 15.3 Å². The number of rotatable bonds is 5. The number of piperidine rings is 1. The van der Waals surface area contributed by atoms with E-state index in [4.69, 9.17) is 4.74 Å². The molecule has 2 amide bonds. The summed E-state index contributed by atoms with van der Waals surface area (Å²) in [5, 5.41) is 3.16. The molecule has 1 atom stereocenters. The van der Waals surface area contributed by atoms with Gasteiger partial charge in [-0.15, -0.1) is 0 Å². The van der Waals surface area contributed by atoms with E-state index in [1.54, 1.807) is 18.3 Å². The van der Waals surface area contributed by atoms with Crippen LogP contribution >= 0.6 is 0 Å². The number of aryl methyl sites for hydroxylation is 1. The van der Waals surface area contributed by atoms with Crippen LogP contribution in [0.25, 0.3) is 0 Å². The standard InChI is InChI=1S/C22H27N5O3/c1-15-11-20(24-14-23-15)26-9-7-17(8-10-26)25-22(29)16-12-21(28)27(13-16)18-3-5-19(30-2)6-4-18/h3-6,11,14,16-17H,7-10,12-13H2,1-2H3,(H,25,29)/t16-/m1/s1. The summed E-state index contributed by atoms with van der Waals surface area (Å²) in [4.78, 5) is 37.6. The fraction of sp³-hybridized carbons (Fsp3) is 0.455.